The van der Waals surface area contributed by atoms with Crippen molar-refractivity contribution in [3.8, 4) is 11.1 Å². The van der Waals surface area contributed by atoms with Gasteiger partial charge in [0.15, 0.2) is 11.8 Å². The highest BCUT2D eigenvalue weighted by Crippen LogP contribution is 2.31. The number of ketones is 1. The number of anilines is 1. The van der Waals surface area contributed by atoms with Gasteiger partial charge in [0, 0.05) is 30.9 Å². The van der Waals surface area contributed by atoms with Crippen LogP contribution in [0.1, 0.15) is 30.0 Å². The maximum absolute atomic E-state index is 12.7. The first-order valence-electron chi connectivity index (χ1n) is 10.6. The predicted molar refractivity (Wildman–Crippen MR) is 125 cm³/mol. The minimum atomic E-state index is -1.32. The van der Waals surface area contributed by atoms with Gasteiger partial charge in [0.1, 0.15) is 0 Å². The lowest BCUT2D eigenvalue weighted by Gasteiger charge is -2.28. The summed E-state index contributed by atoms with van der Waals surface area (Å²) in [6.07, 6.45) is 1.42. The normalized spacial score (nSPS) is 15.8. The molecule has 2 aromatic carbocycles. The average Bonchev–Trinajstić information content (AvgIpc) is 2.74. The molecule has 1 aliphatic heterocycles. The van der Waals surface area contributed by atoms with E-state index in [1.165, 1.54) is 18.0 Å². The van der Waals surface area contributed by atoms with Crippen molar-refractivity contribution in [1.29, 1.82) is 0 Å². The van der Waals surface area contributed by atoms with E-state index >= 15 is 0 Å². The molecular weight excluding hydrogens is 422 g/mol. The summed E-state index contributed by atoms with van der Waals surface area (Å²) in [4.78, 5) is 49.9. The molecule has 3 rings (SSSR count). The Morgan fingerprint density at radius 3 is 2.36 bits per heavy atom. The molecule has 0 unspecified atom stereocenters. The van der Waals surface area contributed by atoms with Crippen molar-refractivity contribution in [3.05, 3.63) is 64.9 Å². The molecule has 8 heteroatoms. The number of rotatable bonds is 6. The largest absolute Gasteiger partial charge is 0.481 e. The molecule has 0 aliphatic carbocycles. The number of benzene rings is 2. The lowest BCUT2D eigenvalue weighted by Crippen LogP contribution is -2.54. The zero-order valence-corrected chi connectivity index (χ0v) is 19.1. The Morgan fingerprint density at radius 1 is 1.06 bits per heavy atom. The van der Waals surface area contributed by atoms with Gasteiger partial charge in [-0.2, -0.15) is 0 Å². The zero-order valence-electron chi connectivity index (χ0n) is 19.1. The second-order valence-electron chi connectivity index (χ2n) is 8.15. The van der Waals surface area contributed by atoms with Crippen LogP contribution in [0.4, 0.5) is 10.5 Å². The fraction of sp³-hybridized carbons (Fsp3) is 0.280. The Balaban J connectivity index is 1.91. The Kier molecular flexibility index (Phi) is 6.96. The molecule has 0 bridgehead atoms. The van der Waals surface area contributed by atoms with Gasteiger partial charge in [-0.1, -0.05) is 30.3 Å². The summed E-state index contributed by atoms with van der Waals surface area (Å²) >= 11 is 0. The number of nitrogens with zero attached hydrogens (tertiary/aromatic N) is 1. The highest BCUT2D eigenvalue weighted by molar-refractivity contribution is 6.15. The summed E-state index contributed by atoms with van der Waals surface area (Å²) < 4.78 is 0. The number of urea groups is 1. The zero-order chi connectivity index (χ0) is 24.3. The van der Waals surface area contributed by atoms with Crippen molar-refractivity contribution in [1.82, 2.24) is 10.2 Å². The van der Waals surface area contributed by atoms with E-state index in [4.69, 9.17) is 5.11 Å². The van der Waals surface area contributed by atoms with Crippen LogP contribution in [0.3, 0.4) is 0 Å². The first kappa shape index (κ1) is 23.7. The summed E-state index contributed by atoms with van der Waals surface area (Å²) in [6, 6.07) is 9.38. The standard InChI is InChI=1S/C25H27N3O5/c1-14-6-5-7-15(2)22(14)18-9-8-17(10-11-21(30)31)19(13-18)26-25(33)27-23-20(29)12-16(3)28(4)24(23)32/h5-9,12-13,23H,10-11H2,1-4H3,(H,30,31)(H2,26,27,33)/t23-/m0/s1. The van der Waals surface area contributed by atoms with Gasteiger partial charge < -0.3 is 20.6 Å². The number of aryl methyl sites for hydroxylation is 3. The molecule has 1 aliphatic rings. The molecule has 0 saturated heterocycles. The van der Waals surface area contributed by atoms with E-state index in [0.29, 0.717) is 16.9 Å². The first-order chi connectivity index (χ1) is 15.6. The second kappa shape index (κ2) is 9.68. The third-order valence-electron chi connectivity index (χ3n) is 5.75. The Labute approximate surface area is 192 Å². The number of aliphatic carboxylic acids is 1. The highest BCUT2D eigenvalue weighted by atomic mass is 16.4. The molecule has 3 N–H and O–H groups in total. The number of amides is 3. The molecular formula is C25H27N3O5. The number of carbonyl (C=O) groups is 4. The van der Waals surface area contributed by atoms with Crippen LogP contribution in [0.5, 0.6) is 0 Å². The van der Waals surface area contributed by atoms with E-state index < -0.39 is 29.7 Å². The fourth-order valence-electron chi connectivity index (χ4n) is 3.88. The molecule has 1 atom stereocenters. The number of carbonyl (C=O) groups excluding carboxylic acids is 3. The van der Waals surface area contributed by atoms with Crippen molar-refractivity contribution in [3.63, 3.8) is 0 Å². The second-order valence-corrected chi connectivity index (χ2v) is 8.15. The molecule has 0 radical (unpaired) electrons. The smallest absolute Gasteiger partial charge is 0.320 e. The van der Waals surface area contributed by atoms with E-state index in [9.17, 15) is 19.2 Å². The number of carboxylic acids is 1. The maximum Gasteiger partial charge on any atom is 0.320 e. The molecule has 172 valence electrons. The Bertz CT molecular complexity index is 1150. The fourth-order valence-corrected chi connectivity index (χ4v) is 3.88. The van der Waals surface area contributed by atoms with Gasteiger partial charge in [-0.25, -0.2) is 4.79 Å². The minimum absolute atomic E-state index is 0.104. The van der Waals surface area contributed by atoms with Gasteiger partial charge >= 0.3 is 12.0 Å². The highest BCUT2D eigenvalue weighted by Gasteiger charge is 2.34. The van der Waals surface area contributed by atoms with Crippen LogP contribution < -0.4 is 10.6 Å². The molecule has 33 heavy (non-hydrogen) atoms. The monoisotopic (exact) mass is 449 g/mol. The van der Waals surface area contributed by atoms with Crippen molar-refractivity contribution in [2.75, 3.05) is 12.4 Å². The summed E-state index contributed by atoms with van der Waals surface area (Å²) in [7, 11) is 1.53. The van der Waals surface area contributed by atoms with Crippen molar-refractivity contribution >= 4 is 29.4 Å². The van der Waals surface area contributed by atoms with Gasteiger partial charge in [-0.15, -0.1) is 0 Å². The van der Waals surface area contributed by atoms with Gasteiger partial charge in [0.05, 0.1) is 0 Å². The first-order valence-corrected chi connectivity index (χ1v) is 10.6. The maximum atomic E-state index is 12.7. The molecule has 0 saturated carbocycles. The topological polar surface area (TPSA) is 116 Å². The Hall–Kier alpha value is -3.94. The lowest BCUT2D eigenvalue weighted by atomic mass is 9.93. The van der Waals surface area contributed by atoms with Crippen LogP contribution in [0.2, 0.25) is 0 Å². The van der Waals surface area contributed by atoms with Gasteiger partial charge in [-0.3, -0.25) is 14.4 Å². The van der Waals surface area contributed by atoms with E-state index in [2.05, 4.69) is 10.6 Å². The number of nitrogens with one attached hydrogen (secondary N) is 2. The predicted octanol–water partition coefficient (Wildman–Crippen LogP) is 3.42. The molecule has 3 amide bonds. The molecule has 0 spiro atoms. The van der Waals surface area contributed by atoms with Crippen LogP contribution in [-0.2, 0) is 20.8 Å². The van der Waals surface area contributed by atoms with Gasteiger partial charge in [-0.05, 0) is 61.1 Å². The molecule has 2 aromatic rings. The molecule has 0 aromatic heterocycles. The van der Waals surface area contributed by atoms with Crippen LogP contribution in [0, 0.1) is 13.8 Å². The van der Waals surface area contributed by atoms with Crippen LogP contribution >= 0.6 is 0 Å². The van der Waals surface area contributed by atoms with E-state index in [-0.39, 0.29) is 12.8 Å². The summed E-state index contributed by atoms with van der Waals surface area (Å²) in [5.41, 5.74) is 5.57. The third-order valence-corrected chi connectivity index (χ3v) is 5.75. The number of hydrogen-bond acceptors (Lipinski definition) is 4. The number of allylic oxidation sites excluding steroid dienone is 1. The van der Waals surface area contributed by atoms with Crippen molar-refractivity contribution in [2.45, 2.75) is 39.7 Å². The summed E-state index contributed by atoms with van der Waals surface area (Å²) in [5.74, 6) is -1.97. The number of likely N-dealkylation sites (N-methyl/N-ethyl adjacent to an activating group) is 1. The molecule has 0 fully saturated rings. The molecule has 1 heterocycles. The van der Waals surface area contributed by atoms with Crippen molar-refractivity contribution in [2.24, 2.45) is 0 Å². The van der Waals surface area contributed by atoms with E-state index in [1.807, 2.05) is 38.1 Å². The average molecular weight is 450 g/mol. The van der Waals surface area contributed by atoms with Gasteiger partial charge in [0.2, 0.25) is 0 Å². The quantitative estimate of drug-likeness (QED) is 0.585. The SMILES string of the molecule is CC1=CC(=O)[C@H](NC(=O)Nc2cc(-c3c(C)cccc3C)ccc2CCC(=O)O)C(=O)N1C. The Morgan fingerprint density at radius 2 is 1.73 bits per heavy atom. The van der Waals surface area contributed by atoms with Crippen LogP contribution in [0.15, 0.2) is 48.2 Å². The summed E-state index contributed by atoms with van der Waals surface area (Å²) in [6.45, 7) is 5.62. The van der Waals surface area contributed by atoms with Crippen LogP contribution in [0.25, 0.3) is 11.1 Å². The summed E-state index contributed by atoms with van der Waals surface area (Å²) in [5, 5.41) is 14.2. The van der Waals surface area contributed by atoms with E-state index in [0.717, 1.165) is 22.3 Å². The van der Waals surface area contributed by atoms with Crippen molar-refractivity contribution < 1.29 is 24.3 Å². The minimum Gasteiger partial charge on any atom is -0.481 e. The number of hydrogen-bond donors (Lipinski definition) is 3. The number of carboxylic acid groups (broad SMARTS) is 1. The molecule has 8 nitrogen and oxygen atoms in total. The third kappa shape index (κ3) is 5.28. The van der Waals surface area contributed by atoms with E-state index in [1.54, 1.807) is 19.1 Å². The van der Waals surface area contributed by atoms with Gasteiger partial charge in [0.25, 0.3) is 5.91 Å². The lowest BCUT2D eigenvalue weighted by molar-refractivity contribution is -0.137. The van der Waals surface area contributed by atoms with Crippen LogP contribution in [-0.4, -0.2) is 46.8 Å².